The minimum absolute atomic E-state index is 0.134. The van der Waals surface area contributed by atoms with Gasteiger partial charge in [0.15, 0.2) is 17.6 Å². The summed E-state index contributed by atoms with van der Waals surface area (Å²) in [5.74, 6) is 2.72. The van der Waals surface area contributed by atoms with Crippen LogP contribution in [0.15, 0.2) is 35.6 Å². The molecule has 0 radical (unpaired) electrons. The average molecular weight is 337 g/mol. The number of phenols is 1. The number of likely N-dealkylation sites (tertiary alicyclic amines) is 1. The Morgan fingerprint density at radius 3 is 3.00 bits per heavy atom. The first kappa shape index (κ1) is 14.3. The van der Waals surface area contributed by atoms with E-state index >= 15 is 0 Å². The Kier molecular flexibility index (Phi) is 2.63. The molecule has 0 amide bonds. The molecule has 3 atom stereocenters. The number of methoxy groups -OCH3 is 1. The maximum Gasteiger partial charge on any atom is 0.169 e. The molecule has 2 bridgehead atoms. The van der Waals surface area contributed by atoms with Crippen LogP contribution in [0, 0.1) is 5.92 Å². The Morgan fingerprint density at radius 1 is 1.32 bits per heavy atom. The molecule has 0 aromatic heterocycles. The van der Waals surface area contributed by atoms with Gasteiger partial charge in [0.05, 0.1) is 12.5 Å². The van der Waals surface area contributed by atoms with Crippen molar-refractivity contribution in [3.8, 4) is 11.5 Å². The summed E-state index contributed by atoms with van der Waals surface area (Å²) in [6.07, 6.45) is 9.07. The molecule has 2 aliphatic heterocycles. The maximum absolute atomic E-state index is 10.4. The molecule has 1 saturated carbocycles. The summed E-state index contributed by atoms with van der Waals surface area (Å²) in [5.41, 5.74) is 3.90. The van der Waals surface area contributed by atoms with Crippen LogP contribution in [0.25, 0.3) is 0 Å². The summed E-state index contributed by atoms with van der Waals surface area (Å²) < 4.78 is 12.0. The molecule has 4 nitrogen and oxygen atoms in total. The molecular weight excluding hydrogens is 314 g/mol. The fraction of sp³-hybridized carbons (Fsp3) is 0.524. The summed E-state index contributed by atoms with van der Waals surface area (Å²) in [6.45, 7) is 2.33. The lowest BCUT2D eigenvalue weighted by molar-refractivity contribution is 0.0625. The van der Waals surface area contributed by atoms with Gasteiger partial charge in [-0.3, -0.25) is 4.90 Å². The predicted octanol–water partition coefficient (Wildman–Crippen LogP) is 2.90. The lowest BCUT2D eigenvalue weighted by Crippen LogP contribution is -2.59. The first-order valence-corrected chi connectivity index (χ1v) is 9.44. The number of phenolic OH excluding ortho intramolecular Hbond substituents is 1. The number of aromatic hydroxyl groups is 1. The molecular formula is C21H23NO3. The first-order valence-electron chi connectivity index (χ1n) is 9.44. The van der Waals surface area contributed by atoms with Gasteiger partial charge in [0, 0.05) is 24.7 Å². The molecule has 5 aliphatic rings. The van der Waals surface area contributed by atoms with Crippen molar-refractivity contribution in [1.82, 2.24) is 4.90 Å². The summed E-state index contributed by atoms with van der Waals surface area (Å²) in [5, 5.41) is 10.4. The zero-order chi connectivity index (χ0) is 16.8. The smallest absolute Gasteiger partial charge is 0.169 e. The van der Waals surface area contributed by atoms with E-state index in [-0.39, 0.29) is 17.3 Å². The topological polar surface area (TPSA) is 41.9 Å². The minimum atomic E-state index is -0.146. The van der Waals surface area contributed by atoms with Gasteiger partial charge in [-0.2, -0.15) is 0 Å². The van der Waals surface area contributed by atoms with Crippen LogP contribution in [0.2, 0.25) is 0 Å². The quantitative estimate of drug-likeness (QED) is 0.921. The van der Waals surface area contributed by atoms with Crippen LogP contribution in [0.1, 0.15) is 30.4 Å². The van der Waals surface area contributed by atoms with Crippen molar-refractivity contribution in [2.45, 2.75) is 43.2 Å². The molecule has 2 heterocycles. The molecule has 6 rings (SSSR count). The summed E-state index contributed by atoms with van der Waals surface area (Å²) in [7, 11) is 1.72. The van der Waals surface area contributed by atoms with Gasteiger partial charge < -0.3 is 14.6 Å². The lowest BCUT2D eigenvalue weighted by atomic mass is 9.57. The van der Waals surface area contributed by atoms with Crippen LogP contribution in [-0.2, 0) is 16.6 Å². The third kappa shape index (κ3) is 1.66. The summed E-state index contributed by atoms with van der Waals surface area (Å²) >= 11 is 0. The van der Waals surface area contributed by atoms with Crippen LogP contribution in [-0.4, -0.2) is 42.4 Å². The van der Waals surface area contributed by atoms with Crippen LogP contribution >= 0.6 is 0 Å². The van der Waals surface area contributed by atoms with Gasteiger partial charge in [-0.15, -0.1) is 0 Å². The van der Waals surface area contributed by atoms with Crippen molar-refractivity contribution < 1.29 is 14.6 Å². The van der Waals surface area contributed by atoms with Crippen LogP contribution in [0.5, 0.6) is 11.5 Å². The van der Waals surface area contributed by atoms with Gasteiger partial charge in [-0.25, -0.2) is 0 Å². The van der Waals surface area contributed by atoms with E-state index in [4.69, 9.17) is 9.47 Å². The Labute approximate surface area is 147 Å². The number of rotatable bonds is 3. The van der Waals surface area contributed by atoms with Crippen molar-refractivity contribution in [1.29, 1.82) is 0 Å². The zero-order valence-corrected chi connectivity index (χ0v) is 14.5. The molecule has 1 aromatic carbocycles. The van der Waals surface area contributed by atoms with Gasteiger partial charge in [0.2, 0.25) is 0 Å². The van der Waals surface area contributed by atoms with Crippen molar-refractivity contribution in [3.05, 3.63) is 46.7 Å². The number of hydrogen-bond acceptors (Lipinski definition) is 4. The molecule has 3 aliphatic carbocycles. The number of nitrogens with zero attached hydrogens (tertiary/aromatic N) is 1. The van der Waals surface area contributed by atoms with Crippen molar-refractivity contribution in [2.24, 2.45) is 5.92 Å². The highest BCUT2D eigenvalue weighted by atomic mass is 16.5. The normalized spacial score (nSPS) is 34.8. The van der Waals surface area contributed by atoms with E-state index < -0.39 is 0 Å². The van der Waals surface area contributed by atoms with E-state index in [0.717, 1.165) is 31.1 Å². The molecule has 1 aromatic rings. The van der Waals surface area contributed by atoms with Gasteiger partial charge in [-0.05, 0) is 54.9 Å². The number of hydrogen-bond donors (Lipinski definition) is 1. The number of benzene rings is 1. The third-order valence-corrected chi connectivity index (χ3v) is 6.99. The Bertz CT molecular complexity index is 838. The van der Waals surface area contributed by atoms with Gasteiger partial charge in [-0.1, -0.05) is 12.1 Å². The molecule has 1 spiro atoms. The third-order valence-electron chi connectivity index (χ3n) is 6.99. The second-order valence-corrected chi connectivity index (χ2v) is 8.22. The monoisotopic (exact) mass is 337 g/mol. The zero-order valence-electron chi connectivity index (χ0n) is 14.5. The van der Waals surface area contributed by atoms with E-state index in [9.17, 15) is 5.11 Å². The Morgan fingerprint density at radius 2 is 2.20 bits per heavy atom. The maximum atomic E-state index is 10.4. The summed E-state index contributed by atoms with van der Waals surface area (Å²) in [4.78, 5) is 2.70. The van der Waals surface area contributed by atoms with E-state index in [0.29, 0.717) is 11.8 Å². The fourth-order valence-electron chi connectivity index (χ4n) is 5.70. The molecule has 1 saturated heterocycles. The highest BCUT2D eigenvalue weighted by Gasteiger charge is 2.62. The van der Waals surface area contributed by atoms with Crippen LogP contribution in [0.3, 0.4) is 0 Å². The average Bonchev–Trinajstić information content (AvgIpc) is 3.37. The highest BCUT2D eigenvalue weighted by molar-refractivity contribution is 5.67. The van der Waals surface area contributed by atoms with Crippen molar-refractivity contribution in [3.63, 3.8) is 0 Å². The van der Waals surface area contributed by atoms with E-state index in [1.807, 2.05) is 0 Å². The van der Waals surface area contributed by atoms with Crippen molar-refractivity contribution in [2.75, 3.05) is 20.2 Å². The Balaban J connectivity index is 1.57. The van der Waals surface area contributed by atoms with Gasteiger partial charge in [0.25, 0.3) is 0 Å². The number of ether oxygens (including phenoxy) is 2. The lowest BCUT2D eigenvalue weighted by Gasteiger charge is -2.53. The van der Waals surface area contributed by atoms with E-state index in [2.05, 4.69) is 23.1 Å². The number of piperidine rings is 1. The second kappa shape index (κ2) is 4.61. The van der Waals surface area contributed by atoms with Crippen molar-refractivity contribution >= 4 is 0 Å². The molecule has 1 N–H and O–H groups in total. The van der Waals surface area contributed by atoms with Gasteiger partial charge >= 0.3 is 0 Å². The summed E-state index contributed by atoms with van der Waals surface area (Å²) in [6, 6.07) is 4.36. The van der Waals surface area contributed by atoms with E-state index in [1.165, 1.54) is 36.1 Å². The van der Waals surface area contributed by atoms with Crippen LogP contribution in [0.4, 0.5) is 0 Å². The van der Waals surface area contributed by atoms with Crippen LogP contribution < -0.4 is 4.74 Å². The molecule has 130 valence electrons. The standard InChI is InChI=1S/C21H23NO3/c1-24-17-7-5-14-15-10-13-4-6-16(23)19-18(13)21(14,20(17)25-19)8-9-22(15)11-12-2-3-12/h4-7,12,15,20,23H,2-3,8-11H2,1H3. The number of allylic oxidation sites excluding steroid dienone is 2. The second-order valence-electron chi connectivity index (χ2n) is 8.22. The predicted molar refractivity (Wildman–Crippen MR) is 93.8 cm³/mol. The Hall–Kier alpha value is -1.94. The fourth-order valence-corrected chi connectivity index (χ4v) is 5.70. The SMILES string of the molecule is COC1=CC=C2C3Cc4ccc(O)c5c4C2(CCN3CC2CC2)C1O5. The van der Waals surface area contributed by atoms with Gasteiger partial charge in [0.1, 0.15) is 5.76 Å². The first-order chi connectivity index (χ1) is 12.2. The minimum Gasteiger partial charge on any atom is -0.504 e. The molecule has 4 heteroatoms. The molecule has 3 unspecified atom stereocenters. The molecule has 2 fully saturated rings. The molecule has 25 heavy (non-hydrogen) atoms. The van der Waals surface area contributed by atoms with E-state index in [1.54, 1.807) is 13.2 Å². The highest BCUT2D eigenvalue weighted by Crippen LogP contribution is 2.62. The largest absolute Gasteiger partial charge is 0.504 e.